The van der Waals surface area contributed by atoms with Crippen LogP contribution in [0.3, 0.4) is 0 Å². The summed E-state index contributed by atoms with van der Waals surface area (Å²) in [4.78, 5) is 0. The average Bonchev–Trinajstić information content (AvgIpc) is 2.06. The van der Waals surface area contributed by atoms with Gasteiger partial charge in [0.25, 0.3) is 0 Å². The third kappa shape index (κ3) is 2.87. The highest BCUT2D eigenvalue weighted by atomic mass is 79.9. The Morgan fingerprint density at radius 1 is 1.27 bits per heavy atom. The molecule has 0 bridgehead atoms. The molecule has 0 aromatic heterocycles. The summed E-state index contributed by atoms with van der Waals surface area (Å²) in [5.74, 6) is 0. The van der Waals surface area contributed by atoms with Crippen LogP contribution in [-0.2, 0) is 6.18 Å². The van der Waals surface area contributed by atoms with E-state index in [4.69, 9.17) is 21.6 Å². The molecule has 0 radical (unpaired) electrons. The largest absolute Gasteiger partial charge is 0.490 e. The summed E-state index contributed by atoms with van der Waals surface area (Å²) in [6.45, 7) is 0. The van der Waals surface area contributed by atoms with E-state index in [1.54, 1.807) is 0 Å². The van der Waals surface area contributed by atoms with Crippen LogP contribution in [0.25, 0.3) is 0 Å². The molecule has 0 aliphatic heterocycles. The Kier molecular flexibility index (Phi) is 3.70. The lowest BCUT2D eigenvalue weighted by atomic mass is 9.79. The molecule has 0 saturated carbocycles. The number of rotatable bonds is 1. The molecular weight excluding hydrogens is 299 g/mol. The highest BCUT2D eigenvalue weighted by molar-refractivity contribution is 9.10. The smallest absolute Gasteiger partial charge is 0.423 e. The molecule has 0 amide bonds. The lowest BCUT2D eigenvalue weighted by molar-refractivity contribution is -0.137. The molecule has 0 heterocycles. The van der Waals surface area contributed by atoms with Crippen molar-refractivity contribution in [1.82, 2.24) is 0 Å². The Labute approximate surface area is 96.9 Å². The monoisotopic (exact) mass is 302 g/mol. The van der Waals surface area contributed by atoms with Crippen molar-refractivity contribution in [1.29, 1.82) is 0 Å². The predicted molar refractivity (Wildman–Crippen MR) is 54.0 cm³/mol. The van der Waals surface area contributed by atoms with E-state index >= 15 is 0 Å². The van der Waals surface area contributed by atoms with Crippen LogP contribution in [0.1, 0.15) is 5.56 Å². The zero-order valence-corrected chi connectivity index (χ0v) is 9.36. The van der Waals surface area contributed by atoms with Crippen LogP contribution in [0.15, 0.2) is 16.6 Å². The second-order valence-corrected chi connectivity index (χ2v) is 4.02. The van der Waals surface area contributed by atoms with Crippen LogP contribution in [0.5, 0.6) is 0 Å². The molecule has 0 atom stereocenters. The highest BCUT2D eigenvalue weighted by Gasteiger charge is 2.35. The van der Waals surface area contributed by atoms with Gasteiger partial charge >= 0.3 is 13.3 Å². The van der Waals surface area contributed by atoms with Gasteiger partial charge in [0.1, 0.15) is 0 Å². The Balaban J connectivity index is 3.42. The number of benzene rings is 1. The standard InChI is InChI=1S/C7H4BBrClF3O2/c9-3-1-4(7(11,12)13)6(10)5(2-3)8(14)15/h1-2,14-15H. The third-order valence-electron chi connectivity index (χ3n) is 1.65. The quantitative estimate of drug-likeness (QED) is 0.777. The first-order valence-electron chi connectivity index (χ1n) is 3.65. The van der Waals surface area contributed by atoms with Gasteiger partial charge in [-0.15, -0.1) is 0 Å². The second kappa shape index (κ2) is 4.33. The Hall–Kier alpha value is -0.235. The number of alkyl halides is 3. The summed E-state index contributed by atoms with van der Waals surface area (Å²) in [6, 6.07) is 1.89. The van der Waals surface area contributed by atoms with Gasteiger partial charge in [-0.1, -0.05) is 27.5 Å². The fourth-order valence-corrected chi connectivity index (χ4v) is 1.79. The number of halogens is 5. The minimum atomic E-state index is -4.63. The van der Waals surface area contributed by atoms with Crippen molar-refractivity contribution in [2.45, 2.75) is 6.18 Å². The van der Waals surface area contributed by atoms with Crippen LogP contribution in [0.4, 0.5) is 13.2 Å². The molecular formula is C7H4BBrClF3O2. The van der Waals surface area contributed by atoms with Crippen molar-refractivity contribution in [3.05, 3.63) is 27.2 Å². The molecule has 0 fully saturated rings. The Morgan fingerprint density at radius 2 is 1.80 bits per heavy atom. The van der Waals surface area contributed by atoms with E-state index < -0.39 is 29.3 Å². The van der Waals surface area contributed by atoms with Crippen molar-refractivity contribution in [3.8, 4) is 0 Å². The average molecular weight is 303 g/mol. The van der Waals surface area contributed by atoms with Crippen LogP contribution in [0, 0.1) is 0 Å². The van der Waals surface area contributed by atoms with Crippen molar-refractivity contribution in [2.75, 3.05) is 0 Å². The summed E-state index contributed by atoms with van der Waals surface area (Å²) < 4.78 is 37.3. The van der Waals surface area contributed by atoms with E-state index in [2.05, 4.69) is 15.9 Å². The molecule has 1 rings (SSSR count). The molecule has 0 spiro atoms. The SMILES string of the molecule is OB(O)c1cc(Br)cc(C(F)(F)F)c1Cl. The summed E-state index contributed by atoms with van der Waals surface area (Å²) in [7, 11) is -2.05. The van der Waals surface area contributed by atoms with Gasteiger partial charge in [0, 0.05) is 9.94 Å². The number of hydrogen-bond donors (Lipinski definition) is 2. The minimum Gasteiger partial charge on any atom is -0.423 e. The van der Waals surface area contributed by atoms with E-state index in [0.717, 1.165) is 12.1 Å². The summed E-state index contributed by atoms with van der Waals surface area (Å²) >= 11 is 8.23. The van der Waals surface area contributed by atoms with Crippen LogP contribution in [-0.4, -0.2) is 17.2 Å². The maximum atomic E-state index is 12.4. The van der Waals surface area contributed by atoms with Gasteiger partial charge in [-0.3, -0.25) is 0 Å². The molecule has 0 aliphatic carbocycles. The summed E-state index contributed by atoms with van der Waals surface area (Å²) in [5.41, 5.74) is -1.50. The molecule has 0 aliphatic rings. The molecule has 1 aromatic carbocycles. The molecule has 0 unspecified atom stereocenters. The molecule has 0 saturated heterocycles. The maximum absolute atomic E-state index is 12.4. The lowest BCUT2D eigenvalue weighted by Crippen LogP contribution is -2.32. The van der Waals surface area contributed by atoms with E-state index in [1.807, 2.05) is 0 Å². The minimum absolute atomic E-state index is 0.0716. The van der Waals surface area contributed by atoms with Gasteiger partial charge in [-0.2, -0.15) is 13.2 Å². The van der Waals surface area contributed by atoms with Gasteiger partial charge in [0.05, 0.1) is 10.6 Å². The van der Waals surface area contributed by atoms with Crippen molar-refractivity contribution < 1.29 is 23.2 Å². The van der Waals surface area contributed by atoms with E-state index in [-0.39, 0.29) is 4.47 Å². The first-order valence-corrected chi connectivity index (χ1v) is 4.83. The van der Waals surface area contributed by atoms with Gasteiger partial charge < -0.3 is 10.0 Å². The maximum Gasteiger partial charge on any atom is 0.490 e. The van der Waals surface area contributed by atoms with Crippen LogP contribution < -0.4 is 5.46 Å². The molecule has 2 N–H and O–H groups in total. The zero-order valence-electron chi connectivity index (χ0n) is 7.02. The number of hydrogen-bond acceptors (Lipinski definition) is 2. The van der Waals surface area contributed by atoms with E-state index in [1.165, 1.54) is 0 Å². The molecule has 82 valence electrons. The van der Waals surface area contributed by atoms with Crippen molar-refractivity contribution in [3.63, 3.8) is 0 Å². The summed E-state index contributed by atoms with van der Waals surface area (Å²) in [6.07, 6.45) is -4.63. The van der Waals surface area contributed by atoms with Crippen LogP contribution >= 0.6 is 27.5 Å². The lowest BCUT2D eigenvalue weighted by Gasteiger charge is -2.12. The first kappa shape index (κ1) is 12.8. The molecule has 2 nitrogen and oxygen atoms in total. The summed E-state index contributed by atoms with van der Waals surface area (Å²) in [5, 5.41) is 16.9. The Bertz CT molecular complexity index is 383. The topological polar surface area (TPSA) is 40.5 Å². The fourth-order valence-electron chi connectivity index (χ4n) is 1.00. The zero-order chi connectivity index (χ0) is 11.8. The van der Waals surface area contributed by atoms with E-state index in [0.29, 0.717) is 0 Å². The van der Waals surface area contributed by atoms with Gasteiger partial charge in [-0.25, -0.2) is 0 Å². The molecule has 8 heteroatoms. The first-order chi connectivity index (χ1) is 6.73. The second-order valence-electron chi connectivity index (χ2n) is 2.73. The van der Waals surface area contributed by atoms with Gasteiger partial charge in [0.2, 0.25) is 0 Å². The Morgan fingerprint density at radius 3 is 2.20 bits per heavy atom. The fraction of sp³-hybridized carbons (Fsp3) is 0.143. The van der Waals surface area contributed by atoms with Crippen molar-refractivity contribution in [2.24, 2.45) is 0 Å². The van der Waals surface area contributed by atoms with Gasteiger partial charge in [-0.05, 0) is 12.1 Å². The van der Waals surface area contributed by atoms with E-state index in [9.17, 15) is 13.2 Å². The van der Waals surface area contributed by atoms with Crippen molar-refractivity contribution >= 4 is 40.1 Å². The normalized spacial score (nSPS) is 11.7. The molecule has 15 heavy (non-hydrogen) atoms. The van der Waals surface area contributed by atoms with Crippen LogP contribution in [0.2, 0.25) is 5.02 Å². The van der Waals surface area contributed by atoms with Gasteiger partial charge in [0.15, 0.2) is 0 Å². The third-order valence-corrected chi connectivity index (χ3v) is 2.53. The predicted octanol–water partition coefficient (Wildman–Crippen LogP) is 1.80. The highest BCUT2D eigenvalue weighted by Crippen LogP contribution is 2.35. The molecule has 1 aromatic rings.